The molecule has 5 heteroatoms. The van der Waals surface area contributed by atoms with Crippen LogP contribution in [0.1, 0.15) is 24.8 Å². The van der Waals surface area contributed by atoms with Crippen molar-refractivity contribution < 1.29 is 15.0 Å². The van der Waals surface area contributed by atoms with Crippen LogP contribution in [0.4, 0.5) is 0 Å². The van der Waals surface area contributed by atoms with Crippen molar-refractivity contribution >= 4 is 5.91 Å². The highest BCUT2D eigenvalue weighted by molar-refractivity contribution is 5.76. The number of rotatable bonds is 5. The second-order valence-electron chi connectivity index (χ2n) is 4.83. The van der Waals surface area contributed by atoms with Gasteiger partial charge in [0.1, 0.15) is 11.5 Å². The van der Waals surface area contributed by atoms with Gasteiger partial charge in [0, 0.05) is 44.2 Å². The summed E-state index contributed by atoms with van der Waals surface area (Å²) in [5, 5.41) is 21.9. The van der Waals surface area contributed by atoms with Gasteiger partial charge in [-0.05, 0) is 18.9 Å². The molecule has 0 atom stereocenters. The van der Waals surface area contributed by atoms with Crippen LogP contribution in [0.3, 0.4) is 0 Å². The van der Waals surface area contributed by atoms with Gasteiger partial charge in [-0.3, -0.25) is 4.79 Å². The first-order valence-corrected chi connectivity index (χ1v) is 6.66. The SMILES string of the molecule is O=C(CCNCc1ccc(O)cc1O)N1CCCC1. The van der Waals surface area contributed by atoms with Gasteiger partial charge in [-0.15, -0.1) is 0 Å². The van der Waals surface area contributed by atoms with Crippen LogP contribution in [-0.4, -0.2) is 40.7 Å². The largest absolute Gasteiger partial charge is 0.508 e. The van der Waals surface area contributed by atoms with Crippen LogP contribution in [0.5, 0.6) is 11.5 Å². The van der Waals surface area contributed by atoms with Crippen molar-refractivity contribution in [2.75, 3.05) is 19.6 Å². The lowest BCUT2D eigenvalue weighted by atomic mass is 10.2. The Morgan fingerprint density at radius 2 is 2.00 bits per heavy atom. The van der Waals surface area contributed by atoms with Crippen molar-refractivity contribution in [1.82, 2.24) is 10.2 Å². The monoisotopic (exact) mass is 264 g/mol. The topological polar surface area (TPSA) is 72.8 Å². The molecule has 1 aromatic carbocycles. The minimum Gasteiger partial charge on any atom is -0.508 e. The van der Waals surface area contributed by atoms with E-state index in [1.165, 1.54) is 12.1 Å². The highest BCUT2D eigenvalue weighted by Crippen LogP contribution is 2.22. The zero-order chi connectivity index (χ0) is 13.7. The van der Waals surface area contributed by atoms with Crippen molar-refractivity contribution in [3.05, 3.63) is 23.8 Å². The van der Waals surface area contributed by atoms with Gasteiger partial charge >= 0.3 is 0 Å². The van der Waals surface area contributed by atoms with Gasteiger partial charge in [0.15, 0.2) is 0 Å². The number of nitrogens with one attached hydrogen (secondary N) is 1. The summed E-state index contributed by atoms with van der Waals surface area (Å²) in [6.45, 7) is 2.85. The van der Waals surface area contributed by atoms with E-state index >= 15 is 0 Å². The van der Waals surface area contributed by atoms with Crippen LogP contribution in [-0.2, 0) is 11.3 Å². The third-order valence-electron chi connectivity index (χ3n) is 3.36. The number of hydrogen-bond donors (Lipinski definition) is 3. The Labute approximate surface area is 112 Å². The average molecular weight is 264 g/mol. The maximum atomic E-state index is 11.8. The quantitative estimate of drug-likeness (QED) is 0.699. The van der Waals surface area contributed by atoms with Crippen LogP contribution >= 0.6 is 0 Å². The number of amides is 1. The Bertz CT molecular complexity index is 442. The van der Waals surface area contributed by atoms with Gasteiger partial charge < -0.3 is 20.4 Å². The van der Waals surface area contributed by atoms with Crippen molar-refractivity contribution in [2.24, 2.45) is 0 Å². The van der Waals surface area contributed by atoms with Crippen molar-refractivity contribution in [3.8, 4) is 11.5 Å². The summed E-state index contributed by atoms with van der Waals surface area (Å²) in [5.41, 5.74) is 0.714. The normalized spacial score (nSPS) is 14.8. The molecule has 0 unspecified atom stereocenters. The van der Waals surface area contributed by atoms with E-state index in [4.69, 9.17) is 0 Å². The van der Waals surface area contributed by atoms with Crippen LogP contribution < -0.4 is 5.32 Å². The highest BCUT2D eigenvalue weighted by atomic mass is 16.3. The molecule has 0 aliphatic carbocycles. The molecule has 1 heterocycles. The Hall–Kier alpha value is -1.75. The molecule has 0 bridgehead atoms. The lowest BCUT2D eigenvalue weighted by Gasteiger charge is -2.15. The Morgan fingerprint density at radius 1 is 1.26 bits per heavy atom. The maximum Gasteiger partial charge on any atom is 0.223 e. The van der Waals surface area contributed by atoms with Gasteiger partial charge in [0.2, 0.25) is 5.91 Å². The molecule has 0 radical (unpaired) electrons. The van der Waals surface area contributed by atoms with Crippen LogP contribution in [0, 0.1) is 0 Å². The van der Waals surface area contributed by atoms with Gasteiger partial charge in [0.05, 0.1) is 0 Å². The predicted octanol–water partition coefficient (Wildman–Crippen LogP) is 1.20. The fraction of sp³-hybridized carbons (Fsp3) is 0.500. The smallest absolute Gasteiger partial charge is 0.223 e. The zero-order valence-electron chi connectivity index (χ0n) is 10.9. The molecule has 104 valence electrons. The first kappa shape index (κ1) is 13.7. The van der Waals surface area contributed by atoms with E-state index in [0.29, 0.717) is 25.1 Å². The molecule has 1 aromatic rings. The molecule has 0 spiro atoms. The second kappa shape index (κ2) is 6.43. The summed E-state index contributed by atoms with van der Waals surface area (Å²) < 4.78 is 0. The minimum atomic E-state index is 0.0467. The number of phenols is 2. The lowest BCUT2D eigenvalue weighted by molar-refractivity contribution is -0.130. The number of phenolic OH excluding ortho intramolecular Hbond substituents is 2. The first-order chi connectivity index (χ1) is 9.16. The number of hydrogen-bond acceptors (Lipinski definition) is 4. The number of benzene rings is 1. The summed E-state index contributed by atoms with van der Waals surface area (Å²) in [5.74, 6) is 0.309. The van der Waals surface area contributed by atoms with Crippen molar-refractivity contribution in [1.29, 1.82) is 0 Å². The molecule has 1 fully saturated rings. The van der Waals surface area contributed by atoms with Crippen molar-refractivity contribution in [3.63, 3.8) is 0 Å². The number of carbonyl (C=O) groups is 1. The predicted molar refractivity (Wildman–Crippen MR) is 71.9 cm³/mol. The molecule has 2 rings (SSSR count). The summed E-state index contributed by atoms with van der Waals surface area (Å²) in [7, 11) is 0. The zero-order valence-corrected chi connectivity index (χ0v) is 10.9. The minimum absolute atomic E-state index is 0.0467. The highest BCUT2D eigenvalue weighted by Gasteiger charge is 2.16. The van der Waals surface area contributed by atoms with E-state index in [1.807, 2.05) is 4.90 Å². The molecule has 1 aliphatic heterocycles. The summed E-state index contributed by atoms with van der Waals surface area (Å²) in [4.78, 5) is 13.7. The van der Waals surface area contributed by atoms with E-state index in [0.717, 1.165) is 25.9 Å². The summed E-state index contributed by atoms with van der Waals surface area (Å²) >= 11 is 0. The van der Waals surface area contributed by atoms with Crippen LogP contribution in [0.25, 0.3) is 0 Å². The van der Waals surface area contributed by atoms with Crippen molar-refractivity contribution in [2.45, 2.75) is 25.8 Å². The molecular weight excluding hydrogens is 244 g/mol. The van der Waals surface area contributed by atoms with Gasteiger partial charge in [-0.1, -0.05) is 6.07 Å². The van der Waals surface area contributed by atoms with Crippen LogP contribution in [0.2, 0.25) is 0 Å². The Kier molecular flexibility index (Phi) is 4.63. The Balaban J connectivity index is 1.70. The summed E-state index contributed by atoms with van der Waals surface area (Å²) in [6, 6.07) is 4.51. The number of aromatic hydroxyl groups is 2. The maximum absolute atomic E-state index is 11.8. The summed E-state index contributed by atoms with van der Waals surface area (Å²) in [6.07, 6.45) is 2.71. The molecule has 5 nitrogen and oxygen atoms in total. The van der Waals surface area contributed by atoms with E-state index in [-0.39, 0.29) is 17.4 Å². The van der Waals surface area contributed by atoms with Gasteiger partial charge in [0.25, 0.3) is 0 Å². The number of likely N-dealkylation sites (tertiary alicyclic amines) is 1. The number of nitrogens with zero attached hydrogens (tertiary/aromatic N) is 1. The number of carbonyl (C=O) groups excluding carboxylic acids is 1. The van der Waals surface area contributed by atoms with Gasteiger partial charge in [-0.2, -0.15) is 0 Å². The third kappa shape index (κ3) is 3.86. The Morgan fingerprint density at radius 3 is 2.68 bits per heavy atom. The molecule has 0 saturated carbocycles. The molecule has 1 saturated heterocycles. The van der Waals surface area contributed by atoms with Crippen LogP contribution in [0.15, 0.2) is 18.2 Å². The van der Waals surface area contributed by atoms with E-state index in [1.54, 1.807) is 6.07 Å². The van der Waals surface area contributed by atoms with E-state index < -0.39 is 0 Å². The second-order valence-corrected chi connectivity index (χ2v) is 4.83. The molecule has 1 aliphatic rings. The van der Waals surface area contributed by atoms with E-state index in [9.17, 15) is 15.0 Å². The average Bonchev–Trinajstić information content (AvgIpc) is 2.90. The standard InChI is InChI=1S/C14H20N2O3/c17-12-4-3-11(13(18)9-12)10-15-6-5-14(19)16-7-1-2-8-16/h3-4,9,15,17-18H,1-2,5-8,10H2. The molecular formula is C14H20N2O3. The van der Waals surface area contributed by atoms with Gasteiger partial charge in [-0.25, -0.2) is 0 Å². The third-order valence-corrected chi connectivity index (χ3v) is 3.36. The fourth-order valence-electron chi connectivity index (χ4n) is 2.24. The fourth-order valence-corrected chi connectivity index (χ4v) is 2.24. The molecule has 1 amide bonds. The lowest BCUT2D eigenvalue weighted by Crippen LogP contribution is -2.30. The molecule has 19 heavy (non-hydrogen) atoms. The first-order valence-electron chi connectivity index (χ1n) is 6.66. The molecule has 3 N–H and O–H groups in total. The van der Waals surface area contributed by atoms with E-state index in [2.05, 4.69) is 5.32 Å². The molecule has 0 aromatic heterocycles.